The van der Waals surface area contributed by atoms with E-state index in [9.17, 15) is 0 Å². The summed E-state index contributed by atoms with van der Waals surface area (Å²) in [6, 6.07) is 0. The molecule has 0 bridgehead atoms. The molecule has 0 saturated heterocycles. The number of allylic oxidation sites excluding steroid dienone is 2. The van der Waals surface area contributed by atoms with E-state index in [0.717, 1.165) is 41.4 Å². The summed E-state index contributed by atoms with van der Waals surface area (Å²) in [5, 5.41) is 0. The van der Waals surface area contributed by atoms with Crippen LogP contribution in [0, 0.1) is 41.4 Å². The first-order valence-corrected chi connectivity index (χ1v) is 17.4. The molecular formula is C36H66. The maximum Gasteiger partial charge on any atom is -0.0166 e. The average Bonchev–Trinajstić information content (AvgIpc) is 3.40. The summed E-state index contributed by atoms with van der Waals surface area (Å²) in [6.45, 7) is 9.85. The Labute approximate surface area is 228 Å². The van der Waals surface area contributed by atoms with Gasteiger partial charge in [-0.1, -0.05) is 155 Å². The fourth-order valence-electron chi connectivity index (χ4n) is 8.80. The van der Waals surface area contributed by atoms with E-state index in [1.165, 1.54) is 122 Å². The van der Waals surface area contributed by atoms with Crippen molar-refractivity contribution in [2.24, 2.45) is 41.4 Å². The van der Waals surface area contributed by atoms with Crippen LogP contribution in [0.5, 0.6) is 0 Å². The van der Waals surface area contributed by atoms with Crippen molar-refractivity contribution in [2.75, 3.05) is 0 Å². The van der Waals surface area contributed by atoms with Crippen LogP contribution in [0.15, 0.2) is 11.6 Å². The molecule has 0 amide bonds. The number of hydrogen-bond donors (Lipinski definition) is 0. The smallest absolute Gasteiger partial charge is 0.0166 e. The molecule has 0 radical (unpaired) electrons. The zero-order valence-electron chi connectivity index (χ0n) is 25.4. The van der Waals surface area contributed by atoms with Crippen LogP contribution in [0.25, 0.3) is 0 Å². The van der Waals surface area contributed by atoms with Gasteiger partial charge in [-0.25, -0.2) is 0 Å². The van der Waals surface area contributed by atoms with E-state index in [0.29, 0.717) is 0 Å². The van der Waals surface area contributed by atoms with Crippen molar-refractivity contribution in [3.8, 4) is 0 Å². The first-order valence-electron chi connectivity index (χ1n) is 17.4. The highest BCUT2D eigenvalue weighted by atomic mass is 14.5. The molecule has 36 heavy (non-hydrogen) atoms. The van der Waals surface area contributed by atoms with Crippen LogP contribution in [0.1, 0.15) is 175 Å². The minimum atomic E-state index is 0.847. The molecule has 3 aliphatic rings. The van der Waals surface area contributed by atoms with Crippen molar-refractivity contribution in [1.82, 2.24) is 0 Å². The van der Waals surface area contributed by atoms with Crippen LogP contribution in [0.4, 0.5) is 0 Å². The van der Waals surface area contributed by atoms with Crippen molar-refractivity contribution < 1.29 is 0 Å². The second-order valence-electron chi connectivity index (χ2n) is 13.8. The highest BCUT2D eigenvalue weighted by Crippen LogP contribution is 2.56. The van der Waals surface area contributed by atoms with E-state index in [1.807, 2.05) is 5.57 Å². The third-order valence-electron chi connectivity index (χ3n) is 11.1. The van der Waals surface area contributed by atoms with Gasteiger partial charge in [0.1, 0.15) is 0 Å². The topological polar surface area (TPSA) is 0 Å². The maximum atomic E-state index is 2.76. The predicted octanol–water partition coefficient (Wildman–Crippen LogP) is 12.3. The molecule has 210 valence electrons. The van der Waals surface area contributed by atoms with Gasteiger partial charge in [0.25, 0.3) is 0 Å². The van der Waals surface area contributed by atoms with Crippen LogP contribution >= 0.6 is 0 Å². The second-order valence-corrected chi connectivity index (χ2v) is 13.8. The summed E-state index contributed by atoms with van der Waals surface area (Å²) in [7, 11) is 0. The Balaban J connectivity index is 1.44. The Hall–Kier alpha value is -0.260. The second kappa shape index (κ2) is 17.4. The van der Waals surface area contributed by atoms with Gasteiger partial charge in [-0.05, 0) is 73.5 Å². The van der Waals surface area contributed by atoms with Gasteiger partial charge in [0.05, 0.1) is 0 Å². The molecule has 0 aliphatic heterocycles. The lowest BCUT2D eigenvalue weighted by Gasteiger charge is -2.29. The molecule has 0 aromatic carbocycles. The molecule has 0 heterocycles. The molecule has 7 atom stereocenters. The minimum absolute atomic E-state index is 0.847. The lowest BCUT2D eigenvalue weighted by atomic mass is 9.76. The molecule has 0 N–H and O–H groups in total. The predicted molar refractivity (Wildman–Crippen MR) is 161 cm³/mol. The fraction of sp³-hybridized carbons (Fsp3) is 0.944. The summed E-state index contributed by atoms with van der Waals surface area (Å²) < 4.78 is 0. The van der Waals surface area contributed by atoms with Gasteiger partial charge in [0, 0.05) is 0 Å². The monoisotopic (exact) mass is 499 g/mol. The highest BCUT2D eigenvalue weighted by molar-refractivity contribution is 5.19. The van der Waals surface area contributed by atoms with E-state index in [4.69, 9.17) is 0 Å². The van der Waals surface area contributed by atoms with Gasteiger partial charge in [0.2, 0.25) is 0 Å². The lowest BCUT2D eigenvalue weighted by molar-refractivity contribution is 0.215. The molecule has 0 aromatic heterocycles. The quantitative estimate of drug-likeness (QED) is 0.123. The van der Waals surface area contributed by atoms with Gasteiger partial charge >= 0.3 is 0 Å². The van der Waals surface area contributed by atoms with Crippen molar-refractivity contribution >= 4 is 0 Å². The third-order valence-corrected chi connectivity index (χ3v) is 11.1. The summed E-state index contributed by atoms with van der Waals surface area (Å²) in [5.41, 5.74) is 1.93. The third kappa shape index (κ3) is 9.49. The Kier molecular flexibility index (Phi) is 14.6. The van der Waals surface area contributed by atoms with Crippen molar-refractivity contribution in [1.29, 1.82) is 0 Å². The molecule has 2 saturated carbocycles. The number of hydrogen-bond acceptors (Lipinski definition) is 0. The van der Waals surface area contributed by atoms with Gasteiger partial charge in [-0.2, -0.15) is 0 Å². The van der Waals surface area contributed by atoms with E-state index in [2.05, 4.69) is 33.8 Å². The van der Waals surface area contributed by atoms with Gasteiger partial charge in [-0.3, -0.25) is 0 Å². The van der Waals surface area contributed by atoms with Crippen LogP contribution in [0.3, 0.4) is 0 Å². The zero-order chi connectivity index (χ0) is 25.6. The number of fused-ring (bicyclic) bond motifs is 2. The molecule has 2 fully saturated rings. The zero-order valence-corrected chi connectivity index (χ0v) is 25.4. The van der Waals surface area contributed by atoms with Crippen LogP contribution in [-0.4, -0.2) is 0 Å². The first-order chi connectivity index (χ1) is 17.7. The summed E-state index contributed by atoms with van der Waals surface area (Å²) in [6.07, 6.45) is 36.8. The SMILES string of the molecule is CCCCCCCCCCC(C)C1=CCC2CC3C(C)CCC3[C@@H](CCCCCCCCCC)CC12. The number of unbranched alkanes of at least 4 members (excludes halogenated alkanes) is 14. The van der Waals surface area contributed by atoms with Crippen LogP contribution in [0.2, 0.25) is 0 Å². The van der Waals surface area contributed by atoms with E-state index in [1.54, 1.807) is 25.7 Å². The number of rotatable bonds is 19. The summed E-state index contributed by atoms with van der Waals surface area (Å²) >= 11 is 0. The van der Waals surface area contributed by atoms with Crippen molar-refractivity contribution in [2.45, 2.75) is 175 Å². The van der Waals surface area contributed by atoms with E-state index < -0.39 is 0 Å². The Morgan fingerprint density at radius 2 is 1.28 bits per heavy atom. The fourth-order valence-corrected chi connectivity index (χ4v) is 8.80. The van der Waals surface area contributed by atoms with Crippen molar-refractivity contribution in [3.05, 3.63) is 11.6 Å². The van der Waals surface area contributed by atoms with Gasteiger partial charge < -0.3 is 0 Å². The molecule has 0 spiro atoms. The summed E-state index contributed by atoms with van der Waals surface area (Å²) in [5.74, 6) is 6.94. The van der Waals surface area contributed by atoms with Gasteiger partial charge in [0.15, 0.2) is 0 Å². The lowest BCUT2D eigenvalue weighted by Crippen LogP contribution is -2.20. The molecule has 3 aliphatic carbocycles. The maximum absolute atomic E-state index is 2.76. The molecular weight excluding hydrogens is 432 g/mol. The van der Waals surface area contributed by atoms with Crippen molar-refractivity contribution in [3.63, 3.8) is 0 Å². The molecule has 0 heteroatoms. The normalized spacial score (nSPS) is 30.6. The highest BCUT2D eigenvalue weighted by Gasteiger charge is 2.46. The van der Waals surface area contributed by atoms with Gasteiger partial charge in [-0.15, -0.1) is 0 Å². The standard InChI is InChI=1S/C36H66/c1-5-7-9-11-13-15-17-19-21-29(3)33-26-24-32-27-35-30(4)23-25-34(35)31(28-36(32)33)22-20-18-16-14-12-10-8-6-2/h26,29-32,34-36H,5-25,27-28H2,1-4H3/t29?,30?,31-,32?,34?,35?,36?/m0/s1. The van der Waals surface area contributed by atoms with Crippen LogP contribution < -0.4 is 0 Å². The first kappa shape index (κ1) is 30.3. The average molecular weight is 499 g/mol. The Morgan fingerprint density at radius 3 is 1.92 bits per heavy atom. The molecule has 6 unspecified atom stereocenters. The molecule has 0 nitrogen and oxygen atoms in total. The van der Waals surface area contributed by atoms with E-state index in [-0.39, 0.29) is 0 Å². The molecule has 3 rings (SSSR count). The molecule has 0 aromatic rings. The summed E-state index contributed by atoms with van der Waals surface area (Å²) in [4.78, 5) is 0. The minimum Gasteiger partial charge on any atom is -0.0845 e. The Bertz CT molecular complexity index is 587. The Morgan fingerprint density at radius 1 is 0.694 bits per heavy atom. The largest absolute Gasteiger partial charge is 0.0845 e. The van der Waals surface area contributed by atoms with E-state index >= 15 is 0 Å². The van der Waals surface area contributed by atoms with Crippen LogP contribution in [-0.2, 0) is 0 Å².